The largest absolute Gasteiger partial charge is 0.491 e. The van der Waals surface area contributed by atoms with Crippen LogP contribution in [0.4, 0.5) is 11.4 Å². The van der Waals surface area contributed by atoms with Crippen molar-refractivity contribution >= 4 is 28.9 Å². The molecule has 9 nitrogen and oxygen atoms in total. The van der Waals surface area contributed by atoms with Crippen LogP contribution < -0.4 is 9.64 Å². The second-order valence-electron chi connectivity index (χ2n) is 8.64. The fraction of sp³-hybridized carbons (Fsp3) is 0.233. The summed E-state index contributed by atoms with van der Waals surface area (Å²) in [7, 11) is 0. The third kappa shape index (κ3) is 7.61. The van der Waals surface area contributed by atoms with E-state index in [4.69, 9.17) is 19.3 Å². The third-order valence-electron chi connectivity index (χ3n) is 5.98. The summed E-state index contributed by atoms with van der Waals surface area (Å²) >= 11 is 0. The molecule has 0 spiro atoms. The first-order chi connectivity index (χ1) is 19.1. The van der Waals surface area contributed by atoms with E-state index in [1.807, 2.05) is 54.6 Å². The molecule has 39 heavy (non-hydrogen) atoms. The van der Waals surface area contributed by atoms with Crippen LogP contribution in [0.25, 0.3) is 11.6 Å². The highest BCUT2D eigenvalue weighted by Gasteiger charge is 2.31. The second kappa shape index (κ2) is 14.0. The van der Waals surface area contributed by atoms with E-state index >= 15 is 0 Å². The van der Waals surface area contributed by atoms with Crippen LogP contribution in [-0.2, 0) is 20.8 Å². The predicted octanol–water partition coefficient (Wildman–Crippen LogP) is 4.64. The summed E-state index contributed by atoms with van der Waals surface area (Å²) in [5.74, 6) is 0.619. The number of carbonyl (C=O) groups excluding carboxylic acids is 1. The Bertz CT molecular complexity index is 1320. The van der Waals surface area contributed by atoms with Gasteiger partial charge in [-0.2, -0.15) is 0 Å². The van der Waals surface area contributed by atoms with Gasteiger partial charge in [-0.1, -0.05) is 42.5 Å². The minimum Gasteiger partial charge on any atom is -0.491 e. The lowest BCUT2D eigenvalue weighted by Gasteiger charge is -2.17. The fourth-order valence-electron chi connectivity index (χ4n) is 4.07. The van der Waals surface area contributed by atoms with Gasteiger partial charge in [0.1, 0.15) is 12.4 Å². The quantitative estimate of drug-likeness (QED) is 0.140. The molecule has 0 saturated heterocycles. The van der Waals surface area contributed by atoms with Gasteiger partial charge in [0.15, 0.2) is 0 Å². The Morgan fingerprint density at radius 1 is 0.872 bits per heavy atom. The zero-order chi connectivity index (χ0) is 27.5. The number of benzene rings is 3. The second-order valence-corrected chi connectivity index (χ2v) is 8.64. The number of ether oxygens (including phenoxy) is 3. The first-order valence-electron chi connectivity index (χ1n) is 12.6. The van der Waals surface area contributed by atoms with E-state index in [9.17, 15) is 14.9 Å². The topological polar surface area (TPSA) is 111 Å². The van der Waals surface area contributed by atoms with Gasteiger partial charge < -0.3 is 24.2 Å². The number of nitro groups is 1. The van der Waals surface area contributed by atoms with Crippen molar-refractivity contribution in [2.24, 2.45) is 0 Å². The molecule has 1 aliphatic rings. The Hall–Kier alpha value is -4.31. The van der Waals surface area contributed by atoms with E-state index in [2.05, 4.69) is 0 Å². The Labute approximate surface area is 226 Å². The number of aliphatic hydroxyl groups excluding tert-OH is 1. The van der Waals surface area contributed by atoms with Gasteiger partial charge in [-0.25, -0.2) is 0 Å². The molecule has 1 heterocycles. The van der Waals surface area contributed by atoms with Crippen molar-refractivity contribution < 1.29 is 29.0 Å². The van der Waals surface area contributed by atoms with Crippen LogP contribution in [0.15, 0.2) is 84.9 Å². The van der Waals surface area contributed by atoms with Gasteiger partial charge in [0.05, 0.1) is 50.2 Å². The minimum atomic E-state index is -0.435. The lowest BCUT2D eigenvalue weighted by molar-refractivity contribution is -0.384. The van der Waals surface area contributed by atoms with Crippen molar-refractivity contribution in [3.63, 3.8) is 0 Å². The Kier molecular flexibility index (Phi) is 9.96. The molecule has 0 aliphatic carbocycles. The predicted molar refractivity (Wildman–Crippen MR) is 148 cm³/mol. The molecule has 0 aromatic heterocycles. The third-order valence-corrected chi connectivity index (χ3v) is 5.98. The van der Waals surface area contributed by atoms with Crippen LogP contribution in [0.5, 0.6) is 5.75 Å². The Balaban J connectivity index is 1.35. The average molecular weight is 531 g/mol. The molecule has 9 heteroatoms. The number of fused-ring (bicyclic) bond motifs is 1. The number of nitrogens with zero attached hydrogens (tertiary/aromatic N) is 2. The number of allylic oxidation sites excluding steroid dienone is 2. The Morgan fingerprint density at radius 2 is 1.56 bits per heavy atom. The van der Waals surface area contributed by atoms with Crippen LogP contribution in [0.3, 0.4) is 0 Å². The first-order valence-corrected chi connectivity index (χ1v) is 12.6. The molecule has 4 rings (SSSR count). The Morgan fingerprint density at radius 3 is 2.28 bits per heavy atom. The molecule has 0 bridgehead atoms. The number of amides is 1. The van der Waals surface area contributed by atoms with Crippen LogP contribution in [-0.4, -0.2) is 55.6 Å². The molecular weight excluding hydrogens is 500 g/mol. The van der Waals surface area contributed by atoms with Crippen molar-refractivity contribution in [3.05, 3.63) is 112 Å². The van der Waals surface area contributed by atoms with Gasteiger partial charge in [-0.15, -0.1) is 0 Å². The SMILES string of the molecule is O=C1C(=C/C=C/c2ccc([N+](=O)[O-])cc2)c2ccccc2N1Cc1ccc(OCCOCCOCCO)cc1. The number of aliphatic hydroxyl groups is 1. The van der Waals surface area contributed by atoms with Crippen molar-refractivity contribution in [1.82, 2.24) is 0 Å². The van der Waals surface area contributed by atoms with Crippen molar-refractivity contribution in [1.29, 1.82) is 0 Å². The molecule has 3 aromatic rings. The highest BCUT2D eigenvalue weighted by molar-refractivity contribution is 6.32. The van der Waals surface area contributed by atoms with Crippen LogP contribution in [0.2, 0.25) is 0 Å². The summed E-state index contributed by atoms with van der Waals surface area (Å²) in [6, 6.07) is 21.5. The molecule has 0 radical (unpaired) electrons. The fourth-order valence-corrected chi connectivity index (χ4v) is 4.07. The maximum absolute atomic E-state index is 13.4. The van der Waals surface area contributed by atoms with E-state index in [-0.39, 0.29) is 18.2 Å². The van der Waals surface area contributed by atoms with E-state index in [0.717, 1.165) is 22.4 Å². The number of non-ortho nitro benzene ring substituents is 1. The smallest absolute Gasteiger partial charge is 0.269 e. The summed E-state index contributed by atoms with van der Waals surface area (Å²) in [6.07, 6.45) is 5.37. The van der Waals surface area contributed by atoms with Gasteiger partial charge in [-0.05, 0) is 47.5 Å². The van der Waals surface area contributed by atoms with Crippen molar-refractivity contribution in [2.45, 2.75) is 6.54 Å². The first kappa shape index (κ1) is 27.7. The van der Waals surface area contributed by atoms with Crippen LogP contribution >= 0.6 is 0 Å². The summed E-state index contributed by atoms with van der Waals surface area (Å²) in [6.45, 7) is 2.42. The zero-order valence-electron chi connectivity index (χ0n) is 21.4. The molecule has 3 aromatic carbocycles. The molecule has 202 valence electrons. The number of nitro benzene ring substituents is 1. The summed E-state index contributed by atoms with van der Waals surface area (Å²) in [5.41, 5.74) is 4.09. The number of rotatable bonds is 14. The van der Waals surface area contributed by atoms with Crippen LogP contribution in [0.1, 0.15) is 16.7 Å². The summed E-state index contributed by atoms with van der Waals surface area (Å²) < 4.78 is 16.3. The van der Waals surface area contributed by atoms with Crippen molar-refractivity contribution in [3.8, 4) is 5.75 Å². The minimum absolute atomic E-state index is 0.00112. The van der Waals surface area contributed by atoms with E-state index < -0.39 is 4.92 Å². The maximum Gasteiger partial charge on any atom is 0.269 e. The lowest BCUT2D eigenvalue weighted by atomic mass is 10.1. The lowest BCUT2D eigenvalue weighted by Crippen LogP contribution is -2.25. The number of hydrogen-bond acceptors (Lipinski definition) is 7. The molecule has 1 amide bonds. The molecule has 0 saturated carbocycles. The van der Waals surface area contributed by atoms with Crippen molar-refractivity contribution in [2.75, 3.05) is 44.5 Å². The summed E-state index contributed by atoms with van der Waals surface area (Å²) in [4.78, 5) is 25.5. The van der Waals surface area contributed by atoms with Crippen LogP contribution in [0, 0.1) is 10.1 Å². The van der Waals surface area contributed by atoms with Gasteiger partial charge in [0, 0.05) is 23.3 Å². The van der Waals surface area contributed by atoms with Gasteiger partial charge in [-0.3, -0.25) is 14.9 Å². The molecule has 0 unspecified atom stereocenters. The van der Waals surface area contributed by atoms with E-state index in [0.29, 0.717) is 50.9 Å². The number of anilines is 1. The van der Waals surface area contributed by atoms with E-state index in [1.54, 1.807) is 29.2 Å². The number of carbonyl (C=O) groups is 1. The monoisotopic (exact) mass is 530 g/mol. The normalized spacial score (nSPS) is 13.8. The maximum atomic E-state index is 13.4. The summed E-state index contributed by atoms with van der Waals surface area (Å²) in [5, 5.41) is 19.5. The van der Waals surface area contributed by atoms with Gasteiger partial charge in [0.2, 0.25) is 0 Å². The highest BCUT2D eigenvalue weighted by Crippen LogP contribution is 2.37. The van der Waals surface area contributed by atoms with Gasteiger partial charge >= 0.3 is 0 Å². The highest BCUT2D eigenvalue weighted by atomic mass is 16.6. The average Bonchev–Trinajstić information content (AvgIpc) is 3.21. The molecule has 0 fully saturated rings. The number of para-hydroxylation sites is 1. The molecule has 1 aliphatic heterocycles. The zero-order valence-corrected chi connectivity index (χ0v) is 21.4. The van der Waals surface area contributed by atoms with Gasteiger partial charge in [0.25, 0.3) is 11.6 Å². The molecule has 0 atom stereocenters. The number of hydrogen-bond donors (Lipinski definition) is 1. The standard InChI is InChI=1S/C30H30N2O7/c33-16-17-37-18-19-38-20-21-39-26-14-10-24(11-15-26)22-31-29-7-2-1-5-27(29)28(30(31)34)6-3-4-23-8-12-25(13-9-23)32(35)36/h1-15,33H,16-22H2/b4-3+,28-6?. The molecule has 1 N–H and O–H groups in total. The molecular formula is C30H30N2O7. The van der Waals surface area contributed by atoms with E-state index in [1.165, 1.54) is 12.1 Å².